The Bertz CT molecular complexity index is 370. The fourth-order valence-electron chi connectivity index (χ4n) is 2.58. The lowest BCUT2D eigenvalue weighted by Crippen LogP contribution is -3.10. The molecule has 1 aromatic rings. The highest BCUT2D eigenvalue weighted by atomic mass is 35.5. The van der Waals surface area contributed by atoms with Crippen LogP contribution in [0.15, 0.2) is 12.1 Å². The number of hydrogen-bond donors (Lipinski definition) is 1. The van der Waals surface area contributed by atoms with Gasteiger partial charge in [-0.25, -0.2) is 0 Å². The minimum Gasteiger partial charge on any atom is -0.318 e. The Balaban J connectivity index is 0.000000771. The zero-order chi connectivity index (χ0) is 13.9. The SMILES string of the molecule is CC.CCN1c2cc(Cl)c(Cl)cc2[NH+](CC)C1C. The van der Waals surface area contributed by atoms with Crippen molar-refractivity contribution >= 4 is 34.6 Å². The summed E-state index contributed by atoms with van der Waals surface area (Å²) in [5.74, 6) is 0. The summed E-state index contributed by atoms with van der Waals surface area (Å²) in [7, 11) is 0. The summed E-state index contributed by atoms with van der Waals surface area (Å²) < 4.78 is 0. The van der Waals surface area contributed by atoms with E-state index in [1.807, 2.05) is 26.0 Å². The van der Waals surface area contributed by atoms with Gasteiger partial charge >= 0.3 is 0 Å². The Hall–Kier alpha value is -0.440. The molecular formula is C14H23Cl2N2+. The van der Waals surface area contributed by atoms with Crippen molar-refractivity contribution in [3.63, 3.8) is 0 Å². The number of hydrogen-bond acceptors (Lipinski definition) is 1. The average molecular weight is 290 g/mol. The lowest BCUT2D eigenvalue weighted by Gasteiger charge is -2.23. The number of anilines is 1. The highest BCUT2D eigenvalue weighted by Gasteiger charge is 2.36. The van der Waals surface area contributed by atoms with E-state index in [0.29, 0.717) is 16.2 Å². The van der Waals surface area contributed by atoms with Crippen LogP contribution >= 0.6 is 23.2 Å². The number of fused-ring (bicyclic) bond motifs is 1. The van der Waals surface area contributed by atoms with Gasteiger partial charge in [0.2, 0.25) is 0 Å². The monoisotopic (exact) mass is 289 g/mol. The van der Waals surface area contributed by atoms with Crippen molar-refractivity contribution in [2.75, 3.05) is 18.0 Å². The summed E-state index contributed by atoms with van der Waals surface area (Å²) in [4.78, 5) is 3.83. The molecule has 0 amide bonds. The topological polar surface area (TPSA) is 7.68 Å². The maximum atomic E-state index is 6.09. The van der Waals surface area contributed by atoms with Gasteiger partial charge in [0.25, 0.3) is 0 Å². The van der Waals surface area contributed by atoms with E-state index in [1.165, 1.54) is 16.3 Å². The van der Waals surface area contributed by atoms with Gasteiger partial charge in [-0.1, -0.05) is 37.0 Å². The van der Waals surface area contributed by atoms with Gasteiger partial charge in [-0.15, -0.1) is 0 Å². The molecule has 0 radical (unpaired) electrons. The molecule has 0 bridgehead atoms. The molecule has 0 fully saturated rings. The van der Waals surface area contributed by atoms with Crippen LogP contribution in [0.4, 0.5) is 11.4 Å². The van der Waals surface area contributed by atoms with Gasteiger partial charge in [0.05, 0.1) is 16.6 Å². The molecule has 2 rings (SSSR count). The summed E-state index contributed by atoms with van der Waals surface area (Å²) in [6, 6.07) is 3.99. The summed E-state index contributed by atoms with van der Waals surface area (Å²) in [6.07, 6.45) is 0.458. The molecule has 0 saturated heterocycles. The summed E-state index contributed by atoms with van der Waals surface area (Å²) in [6.45, 7) is 12.7. The van der Waals surface area contributed by atoms with Crippen LogP contribution < -0.4 is 9.80 Å². The first-order valence-electron chi connectivity index (χ1n) is 6.71. The fourth-order valence-corrected chi connectivity index (χ4v) is 2.90. The predicted octanol–water partition coefficient (Wildman–Crippen LogP) is 3.74. The lowest BCUT2D eigenvalue weighted by atomic mass is 10.2. The average Bonchev–Trinajstić information content (AvgIpc) is 2.63. The molecule has 102 valence electrons. The van der Waals surface area contributed by atoms with E-state index in [-0.39, 0.29) is 0 Å². The van der Waals surface area contributed by atoms with Gasteiger partial charge in [-0.2, -0.15) is 0 Å². The van der Waals surface area contributed by atoms with Crippen LogP contribution in [0.5, 0.6) is 0 Å². The van der Waals surface area contributed by atoms with Gasteiger partial charge < -0.3 is 4.90 Å². The lowest BCUT2D eigenvalue weighted by molar-refractivity contribution is -0.849. The largest absolute Gasteiger partial charge is 0.318 e. The number of halogens is 2. The third kappa shape index (κ3) is 2.61. The maximum absolute atomic E-state index is 6.09. The molecule has 2 atom stereocenters. The number of nitrogens with one attached hydrogen (secondary N) is 1. The van der Waals surface area contributed by atoms with E-state index >= 15 is 0 Å². The van der Waals surface area contributed by atoms with Crippen molar-refractivity contribution in [2.24, 2.45) is 0 Å². The second-order valence-electron chi connectivity index (χ2n) is 4.12. The smallest absolute Gasteiger partial charge is 0.165 e. The third-order valence-electron chi connectivity index (χ3n) is 3.39. The molecule has 1 aliphatic rings. The second-order valence-corrected chi connectivity index (χ2v) is 4.94. The van der Waals surface area contributed by atoms with Gasteiger partial charge in [0, 0.05) is 19.5 Å². The van der Waals surface area contributed by atoms with Crippen LogP contribution in [0.3, 0.4) is 0 Å². The maximum Gasteiger partial charge on any atom is 0.165 e. The standard InChI is InChI=1S/C12H16Cl2N2.C2H6/c1-4-15-8(3)16(5-2)12-7-10(14)9(13)6-11(12)15;1-2/h6-8H,4-5H2,1-3H3;1-2H3/p+1. The summed E-state index contributed by atoms with van der Waals surface area (Å²) in [5.41, 5.74) is 2.49. The Morgan fingerprint density at radius 2 is 1.72 bits per heavy atom. The normalized spacial score (nSPS) is 21.4. The minimum atomic E-state index is 0.458. The summed E-state index contributed by atoms with van der Waals surface area (Å²) >= 11 is 12.2. The predicted molar refractivity (Wildman–Crippen MR) is 81.5 cm³/mol. The molecule has 0 aliphatic carbocycles. The van der Waals surface area contributed by atoms with Crippen LogP contribution in [0, 0.1) is 0 Å². The van der Waals surface area contributed by atoms with Crippen LogP contribution in [-0.2, 0) is 0 Å². The molecule has 1 aliphatic heterocycles. The number of benzene rings is 1. The highest BCUT2D eigenvalue weighted by Crippen LogP contribution is 2.36. The van der Waals surface area contributed by atoms with E-state index in [0.717, 1.165) is 13.1 Å². The molecule has 18 heavy (non-hydrogen) atoms. The molecule has 1 aromatic carbocycles. The second kappa shape index (κ2) is 6.65. The molecule has 0 aromatic heterocycles. The quantitative estimate of drug-likeness (QED) is 0.872. The van der Waals surface area contributed by atoms with Crippen molar-refractivity contribution in [3.05, 3.63) is 22.2 Å². The van der Waals surface area contributed by atoms with Crippen molar-refractivity contribution in [1.82, 2.24) is 0 Å². The van der Waals surface area contributed by atoms with Crippen molar-refractivity contribution in [2.45, 2.75) is 40.8 Å². The van der Waals surface area contributed by atoms with Crippen molar-refractivity contribution in [3.8, 4) is 0 Å². The number of rotatable bonds is 2. The molecule has 1 N–H and O–H groups in total. The molecular weight excluding hydrogens is 267 g/mol. The van der Waals surface area contributed by atoms with E-state index in [9.17, 15) is 0 Å². The Labute approximate surface area is 120 Å². The third-order valence-corrected chi connectivity index (χ3v) is 4.11. The first-order valence-corrected chi connectivity index (χ1v) is 7.47. The number of nitrogens with zero attached hydrogens (tertiary/aromatic N) is 1. The Kier molecular flexibility index (Phi) is 5.77. The van der Waals surface area contributed by atoms with Gasteiger partial charge in [0.1, 0.15) is 5.69 Å². The van der Waals surface area contributed by atoms with Gasteiger partial charge in [-0.3, -0.25) is 4.90 Å². The molecule has 0 saturated carbocycles. The molecule has 2 nitrogen and oxygen atoms in total. The van der Waals surface area contributed by atoms with Crippen LogP contribution in [0.2, 0.25) is 10.0 Å². The Morgan fingerprint density at radius 1 is 1.17 bits per heavy atom. The molecule has 1 heterocycles. The molecule has 2 unspecified atom stereocenters. The van der Waals surface area contributed by atoms with Crippen molar-refractivity contribution in [1.29, 1.82) is 0 Å². The zero-order valence-electron chi connectivity index (χ0n) is 11.8. The molecule has 0 spiro atoms. The van der Waals surface area contributed by atoms with Crippen LogP contribution in [0.1, 0.15) is 34.6 Å². The number of quaternary nitrogens is 1. The van der Waals surface area contributed by atoms with E-state index < -0.39 is 0 Å². The highest BCUT2D eigenvalue weighted by molar-refractivity contribution is 6.42. The fraction of sp³-hybridized carbons (Fsp3) is 0.571. The van der Waals surface area contributed by atoms with Gasteiger partial charge in [-0.05, 0) is 19.9 Å². The van der Waals surface area contributed by atoms with Crippen LogP contribution in [-0.4, -0.2) is 19.3 Å². The van der Waals surface area contributed by atoms with E-state index in [1.54, 1.807) is 0 Å². The van der Waals surface area contributed by atoms with Gasteiger partial charge in [0.15, 0.2) is 11.9 Å². The van der Waals surface area contributed by atoms with E-state index in [2.05, 4.69) is 25.7 Å². The summed E-state index contributed by atoms with van der Waals surface area (Å²) in [5, 5.41) is 1.29. The zero-order valence-corrected chi connectivity index (χ0v) is 13.4. The van der Waals surface area contributed by atoms with Crippen molar-refractivity contribution < 1.29 is 4.90 Å². The van der Waals surface area contributed by atoms with E-state index in [4.69, 9.17) is 23.2 Å². The molecule has 4 heteroatoms. The van der Waals surface area contributed by atoms with Crippen LogP contribution in [0.25, 0.3) is 0 Å². The first kappa shape index (κ1) is 15.6. The first-order chi connectivity index (χ1) is 8.60. The Morgan fingerprint density at radius 3 is 2.22 bits per heavy atom. The minimum absolute atomic E-state index is 0.458.